The van der Waals surface area contributed by atoms with E-state index >= 15 is 0 Å². The number of aryl methyl sites for hydroxylation is 1. The number of nitrogens with two attached hydrogens (primary N) is 1. The second-order valence-electron chi connectivity index (χ2n) is 4.69. The van der Waals surface area contributed by atoms with Gasteiger partial charge in [0.2, 0.25) is 0 Å². The Hall–Kier alpha value is -2.14. The highest BCUT2D eigenvalue weighted by Crippen LogP contribution is 2.13. The molecule has 1 aromatic heterocycles. The standard InChI is InChI=1S/C15H19N3O2/c1-3-11-4-6-12(7-5-11)20-9-14-17-13(10(2)16)8-15(19)18-14/h4-8,10H,3,9,16H2,1-2H3,(H,17,18,19). The van der Waals surface area contributed by atoms with E-state index in [4.69, 9.17) is 10.5 Å². The van der Waals surface area contributed by atoms with Crippen molar-refractivity contribution in [2.24, 2.45) is 5.73 Å². The van der Waals surface area contributed by atoms with Gasteiger partial charge in [0.05, 0.1) is 5.69 Å². The largest absolute Gasteiger partial charge is 0.486 e. The van der Waals surface area contributed by atoms with Crippen LogP contribution in [-0.2, 0) is 13.0 Å². The fourth-order valence-electron chi connectivity index (χ4n) is 1.80. The van der Waals surface area contributed by atoms with Crippen LogP contribution in [0.2, 0.25) is 0 Å². The summed E-state index contributed by atoms with van der Waals surface area (Å²) in [4.78, 5) is 18.4. The van der Waals surface area contributed by atoms with Crippen molar-refractivity contribution in [3.8, 4) is 5.75 Å². The highest BCUT2D eigenvalue weighted by Gasteiger charge is 2.06. The van der Waals surface area contributed by atoms with Crippen LogP contribution < -0.4 is 16.0 Å². The minimum atomic E-state index is -0.278. The van der Waals surface area contributed by atoms with Crippen LogP contribution in [0.3, 0.4) is 0 Å². The molecule has 1 aromatic carbocycles. The molecule has 0 bridgehead atoms. The van der Waals surface area contributed by atoms with Crippen molar-refractivity contribution in [1.82, 2.24) is 9.97 Å². The number of H-pyrrole nitrogens is 1. The number of ether oxygens (including phenoxy) is 1. The number of aromatic nitrogens is 2. The molecule has 0 radical (unpaired) electrons. The molecule has 1 atom stereocenters. The second kappa shape index (κ2) is 6.34. The van der Waals surface area contributed by atoms with E-state index in [9.17, 15) is 4.79 Å². The van der Waals surface area contributed by atoms with Crippen LogP contribution in [-0.4, -0.2) is 9.97 Å². The van der Waals surface area contributed by atoms with Gasteiger partial charge in [-0.3, -0.25) is 4.79 Å². The summed E-state index contributed by atoms with van der Waals surface area (Å²) < 4.78 is 5.61. The van der Waals surface area contributed by atoms with E-state index in [2.05, 4.69) is 16.9 Å². The summed E-state index contributed by atoms with van der Waals surface area (Å²) >= 11 is 0. The van der Waals surface area contributed by atoms with E-state index < -0.39 is 0 Å². The summed E-state index contributed by atoms with van der Waals surface area (Å²) in [7, 11) is 0. The molecule has 2 rings (SSSR count). The molecule has 0 saturated carbocycles. The Balaban J connectivity index is 2.08. The third kappa shape index (κ3) is 3.68. The van der Waals surface area contributed by atoms with Gasteiger partial charge in [0.15, 0.2) is 0 Å². The average Bonchev–Trinajstić information content (AvgIpc) is 2.45. The number of nitrogens with one attached hydrogen (secondary N) is 1. The lowest BCUT2D eigenvalue weighted by Gasteiger charge is -2.09. The summed E-state index contributed by atoms with van der Waals surface area (Å²) in [5.41, 5.74) is 7.34. The van der Waals surface area contributed by atoms with Crippen LogP contribution in [0.15, 0.2) is 35.1 Å². The molecule has 0 spiro atoms. The van der Waals surface area contributed by atoms with E-state index in [0.29, 0.717) is 11.5 Å². The summed E-state index contributed by atoms with van der Waals surface area (Å²) in [6, 6.07) is 8.98. The molecule has 2 aromatic rings. The normalized spacial score (nSPS) is 12.2. The predicted molar refractivity (Wildman–Crippen MR) is 77.6 cm³/mol. The highest BCUT2D eigenvalue weighted by molar-refractivity contribution is 5.27. The smallest absolute Gasteiger partial charge is 0.251 e. The number of benzene rings is 1. The van der Waals surface area contributed by atoms with Crippen LogP contribution in [0.25, 0.3) is 0 Å². The summed E-state index contributed by atoms with van der Waals surface area (Å²) in [5.74, 6) is 1.22. The Labute approximate surface area is 117 Å². The van der Waals surface area contributed by atoms with Gasteiger partial charge in [0.25, 0.3) is 5.56 Å². The minimum Gasteiger partial charge on any atom is -0.486 e. The molecule has 20 heavy (non-hydrogen) atoms. The molecule has 0 aliphatic rings. The van der Waals surface area contributed by atoms with Crippen LogP contribution in [0.5, 0.6) is 5.75 Å². The zero-order valence-electron chi connectivity index (χ0n) is 11.7. The molecule has 0 aliphatic heterocycles. The zero-order valence-corrected chi connectivity index (χ0v) is 11.7. The van der Waals surface area contributed by atoms with Crippen molar-refractivity contribution in [1.29, 1.82) is 0 Å². The van der Waals surface area contributed by atoms with Crippen molar-refractivity contribution in [3.63, 3.8) is 0 Å². The molecule has 0 fully saturated rings. The van der Waals surface area contributed by atoms with Crippen LogP contribution in [0, 0.1) is 0 Å². The lowest BCUT2D eigenvalue weighted by atomic mass is 10.2. The van der Waals surface area contributed by atoms with E-state index in [1.807, 2.05) is 24.3 Å². The fourth-order valence-corrected chi connectivity index (χ4v) is 1.80. The second-order valence-corrected chi connectivity index (χ2v) is 4.69. The summed E-state index contributed by atoms with van der Waals surface area (Å²) in [6.45, 7) is 4.10. The van der Waals surface area contributed by atoms with Gasteiger partial charge in [-0.2, -0.15) is 0 Å². The monoisotopic (exact) mass is 273 g/mol. The molecule has 0 saturated heterocycles. The van der Waals surface area contributed by atoms with Crippen molar-refractivity contribution in [2.75, 3.05) is 0 Å². The molecule has 0 aliphatic carbocycles. The number of rotatable bonds is 5. The maximum Gasteiger partial charge on any atom is 0.251 e. The zero-order chi connectivity index (χ0) is 14.5. The Kier molecular flexibility index (Phi) is 4.53. The first kappa shape index (κ1) is 14.3. The van der Waals surface area contributed by atoms with Crippen molar-refractivity contribution >= 4 is 0 Å². The molecule has 3 N–H and O–H groups in total. The summed E-state index contributed by atoms with van der Waals surface area (Å²) in [5, 5.41) is 0. The van der Waals surface area contributed by atoms with Crippen LogP contribution >= 0.6 is 0 Å². The first-order chi connectivity index (χ1) is 9.58. The first-order valence-electron chi connectivity index (χ1n) is 6.66. The number of aromatic amines is 1. The van der Waals surface area contributed by atoms with E-state index in [-0.39, 0.29) is 18.2 Å². The Morgan fingerprint density at radius 1 is 1.35 bits per heavy atom. The van der Waals surface area contributed by atoms with Gasteiger partial charge in [-0.05, 0) is 31.0 Å². The number of hydrogen-bond donors (Lipinski definition) is 2. The number of hydrogen-bond acceptors (Lipinski definition) is 4. The van der Waals surface area contributed by atoms with Gasteiger partial charge in [-0.15, -0.1) is 0 Å². The van der Waals surface area contributed by atoms with Gasteiger partial charge in [-0.25, -0.2) is 4.98 Å². The lowest BCUT2D eigenvalue weighted by molar-refractivity contribution is 0.294. The van der Waals surface area contributed by atoms with Crippen LogP contribution in [0.4, 0.5) is 0 Å². The maximum atomic E-state index is 11.5. The van der Waals surface area contributed by atoms with Crippen molar-refractivity contribution in [2.45, 2.75) is 32.9 Å². The van der Waals surface area contributed by atoms with E-state index in [1.165, 1.54) is 11.6 Å². The summed E-state index contributed by atoms with van der Waals surface area (Å²) in [6.07, 6.45) is 0.992. The highest BCUT2D eigenvalue weighted by atomic mass is 16.5. The lowest BCUT2D eigenvalue weighted by Crippen LogP contribution is -2.18. The van der Waals surface area contributed by atoms with Crippen molar-refractivity contribution < 1.29 is 4.74 Å². The Bertz CT molecular complexity index is 618. The predicted octanol–water partition coefficient (Wildman–Crippen LogP) is 1.93. The van der Waals surface area contributed by atoms with Gasteiger partial charge in [0, 0.05) is 12.1 Å². The van der Waals surface area contributed by atoms with Gasteiger partial charge in [0.1, 0.15) is 18.2 Å². The van der Waals surface area contributed by atoms with Gasteiger partial charge >= 0.3 is 0 Å². The Morgan fingerprint density at radius 3 is 2.65 bits per heavy atom. The SMILES string of the molecule is CCc1ccc(OCc2nc(C(C)N)cc(=O)[nH]2)cc1. The molecular weight excluding hydrogens is 254 g/mol. The van der Waals surface area contributed by atoms with E-state index in [0.717, 1.165) is 12.2 Å². The quantitative estimate of drug-likeness (QED) is 0.872. The molecule has 5 nitrogen and oxygen atoms in total. The third-order valence-corrected chi connectivity index (χ3v) is 2.98. The minimum absolute atomic E-state index is 0.210. The van der Waals surface area contributed by atoms with Gasteiger partial charge < -0.3 is 15.5 Å². The molecule has 1 unspecified atom stereocenters. The van der Waals surface area contributed by atoms with Crippen molar-refractivity contribution in [3.05, 3.63) is 57.8 Å². The molecule has 1 heterocycles. The maximum absolute atomic E-state index is 11.5. The molecule has 106 valence electrons. The van der Waals surface area contributed by atoms with Gasteiger partial charge in [-0.1, -0.05) is 19.1 Å². The molecule has 5 heteroatoms. The molecular formula is C15H19N3O2. The topological polar surface area (TPSA) is 81.0 Å². The third-order valence-electron chi connectivity index (χ3n) is 2.98. The first-order valence-corrected chi connectivity index (χ1v) is 6.66. The number of nitrogens with zero attached hydrogens (tertiary/aromatic N) is 1. The fraction of sp³-hybridized carbons (Fsp3) is 0.333. The Morgan fingerprint density at radius 2 is 2.05 bits per heavy atom. The van der Waals surface area contributed by atoms with E-state index in [1.54, 1.807) is 6.92 Å². The van der Waals surface area contributed by atoms with Crippen LogP contribution in [0.1, 0.15) is 37.0 Å². The average molecular weight is 273 g/mol. The molecule has 0 amide bonds.